The number of rotatable bonds is 2. The van der Waals surface area contributed by atoms with Gasteiger partial charge in [-0.2, -0.15) is 0 Å². The third-order valence-electron chi connectivity index (χ3n) is 2.86. The van der Waals surface area contributed by atoms with Gasteiger partial charge >= 0.3 is 0 Å². The Labute approximate surface area is 124 Å². The van der Waals surface area contributed by atoms with Gasteiger partial charge in [-0.3, -0.25) is 9.78 Å². The fourth-order valence-corrected chi connectivity index (χ4v) is 3.05. The lowest BCUT2D eigenvalue weighted by Crippen LogP contribution is -2.12. The molecule has 0 unspecified atom stereocenters. The first-order valence-electron chi connectivity index (χ1n) is 5.84. The van der Waals surface area contributed by atoms with Crippen LogP contribution >= 0.6 is 22.9 Å². The van der Waals surface area contributed by atoms with Gasteiger partial charge in [0, 0.05) is 17.8 Å². The minimum atomic E-state index is -0.267. The van der Waals surface area contributed by atoms with Crippen molar-refractivity contribution in [2.75, 3.05) is 11.1 Å². The van der Waals surface area contributed by atoms with Gasteiger partial charge in [-0.15, -0.1) is 11.3 Å². The number of nitrogens with zero attached hydrogens (tertiary/aromatic N) is 1. The summed E-state index contributed by atoms with van der Waals surface area (Å²) in [4.78, 5) is 16.8. The molecular formula is C14H10ClN3OS. The highest BCUT2D eigenvalue weighted by Gasteiger charge is 2.17. The zero-order valence-electron chi connectivity index (χ0n) is 10.3. The zero-order valence-corrected chi connectivity index (χ0v) is 11.8. The lowest BCUT2D eigenvalue weighted by molar-refractivity contribution is 0.103. The molecule has 0 saturated heterocycles. The first-order valence-corrected chi connectivity index (χ1v) is 7.04. The second-order valence-electron chi connectivity index (χ2n) is 4.15. The molecule has 6 heteroatoms. The number of carbonyl (C=O) groups is 1. The lowest BCUT2D eigenvalue weighted by atomic mass is 10.2. The number of hydrogen-bond acceptors (Lipinski definition) is 4. The summed E-state index contributed by atoms with van der Waals surface area (Å²) in [5.74, 6) is -0.267. The Bertz CT molecular complexity index is 800. The van der Waals surface area contributed by atoms with Crippen LogP contribution in [-0.2, 0) is 0 Å². The number of fused-ring (bicyclic) bond motifs is 1. The molecule has 3 aromatic rings. The Morgan fingerprint density at radius 1 is 1.30 bits per heavy atom. The summed E-state index contributed by atoms with van der Waals surface area (Å²) < 4.78 is 0.884. The van der Waals surface area contributed by atoms with Gasteiger partial charge < -0.3 is 11.1 Å². The molecule has 0 aliphatic rings. The van der Waals surface area contributed by atoms with E-state index in [1.54, 1.807) is 42.7 Å². The monoisotopic (exact) mass is 303 g/mol. The van der Waals surface area contributed by atoms with Gasteiger partial charge in [-0.05, 0) is 18.2 Å². The fourth-order valence-electron chi connectivity index (χ4n) is 1.88. The predicted molar refractivity (Wildman–Crippen MR) is 83.4 cm³/mol. The van der Waals surface area contributed by atoms with Gasteiger partial charge in [-0.1, -0.05) is 23.7 Å². The third-order valence-corrected chi connectivity index (χ3v) is 4.34. The number of anilines is 2. The van der Waals surface area contributed by atoms with E-state index in [-0.39, 0.29) is 5.91 Å². The number of thiophene rings is 1. The number of hydrogen-bond donors (Lipinski definition) is 2. The van der Waals surface area contributed by atoms with Crippen LogP contribution in [0.15, 0.2) is 42.7 Å². The summed E-state index contributed by atoms with van der Waals surface area (Å²) >= 11 is 7.34. The molecule has 0 radical (unpaired) electrons. The van der Waals surface area contributed by atoms with Crippen molar-refractivity contribution >= 4 is 50.3 Å². The normalized spacial score (nSPS) is 10.7. The highest BCUT2D eigenvalue weighted by Crippen LogP contribution is 2.33. The van der Waals surface area contributed by atoms with E-state index in [2.05, 4.69) is 10.3 Å². The molecule has 20 heavy (non-hydrogen) atoms. The largest absolute Gasteiger partial charge is 0.397 e. The number of benzene rings is 1. The number of nitrogen functional groups attached to an aromatic ring is 1. The molecule has 3 N–H and O–H groups in total. The van der Waals surface area contributed by atoms with Crippen molar-refractivity contribution in [3.05, 3.63) is 52.6 Å². The average molecular weight is 304 g/mol. The Morgan fingerprint density at radius 3 is 2.85 bits per heavy atom. The summed E-state index contributed by atoms with van der Waals surface area (Å²) in [7, 11) is 0. The molecule has 0 bridgehead atoms. The van der Waals surface area contributed by atoms with E-state index in [1.807, 2.05) is 0 Å². The van der Waals surface area contributed by atoms with E-state index < -0.39 is 0 Å². The fraction of sp³-hybridized carbons (Fsp3) is 0. The van der Waals surface area contributed by atoms with Crippen molar-refractivity contribution in [1.29, 1.82) is 0 Å². The predicted octanol–water partition coefficient (Wildman–Crippen LogP) is 3.78. The van der Waals surface area contributed by atoms with Crippen molar-refractivity contribution in [2.45, 2.75) is 0 Å². The minimum Gasteiger partial charge on any atom is -0.397 e. The molecule has 4 nitrogen and oxygen atoms in total. The SMILES string of the molecule is Nc1c(C(=O)Nc2ccccc2Cl)sc2cnccc12. The van der Waals surface area contributed by atoms with E-state index in [1.165, 1.54) is 11.3 Å². The van der Waals surface area contributed by atoms with Crippen molar-refractivity contribution < 1.29 is 4.79 Å². The molecule has 1 aromatic carbocycles. The summed E-state index contributed by atoms with van der Waals surface area (Å²) in [6.07, 6.45) is 3.35. The van der Waals surface area contributed by atoms with E-state index >= 15 is 0 Å². The number of nitrogens with two attached hydrogens (primary N) is 1. The van der Waals surface area contributed by atoms with E-state index in [9.17, 15) is 4.79 Å². The van der Waals surface area contributed by atoms with Crippen molar-refractivity contribution in [3.63, 3.8) is 0 Å². The number of para-hydroxylation sites is 1. The molecule has 0 fully saturated rings. The molecule has 100 valence electrons. The van der Waals surface area contributed by atoms with Crippen molar-refractivity contribution in [2.24, 2.45) is 0 Å². The quantitative estimate of drug-likeness (QED) is 0.757. The molecule has 3 rings (SSSR count). The molecule has 0 aliphatic carbocycles. The summed E-state index contributed by atoms with van der Waals surface area (Å²) in [5.41, 5.74) is 7.05. The molecule has 2 heterocycles. The number of carbonyl (C=O) groups excluding carboxylic acids is 1. The van der Waals surface area contributed by atoms with Crippen LogP contribution in [0.1, 0.15) is 9.67 Å². The smallest absolute Gasteiger partial charge is 0.267 e. The molecule has 2 aromatic heterocycles. The highest BCUT2D eigenvalue weighted by atomic mass is 35.5. The number of halogens is 1. The van der Waals surface area contributed by atoms with Gasteiger partial charge in [0.25, 0.3) is 5.91 Å². The minimum absolute atomic E-state index is 0.267. The second-order valence-corrected chi connectivity index (χ2v) is 5.61. The first-order chi connectivity index (χ1) is 9.66. The lowest BCUT2D eigenvalue weighted by Gasteiger charge is -2.05. The van der Waals surface area contributed by atoms with Crippen LogP contribution in [0.3, 0.4) is 0 Å². The molecule has 1 amide bonds. The van der Waals surface area contributed by atoms with Gasteiger partial charge in [0.05, 0.1) is 21.1 Å². The van der Waals surface area contributed by atoms with Crippen LogP contribution in [0.25, 0.3) is 10.1 Å². The first kappa shape index (κ1) is 12.9. The number of nitrogens with one attached hydrogen (secondary N) is 1. The standard InChI is InChI=1S/C14H10ClN3OS/c15-9-3-1-2-4-10(9)18-14(19)13-12(16)8-5-6-17-7-11(8)20-13/h1-7H,16H2,(H,18,19). The third kappa shape index (κ3) is 2.21. The molecular weight excluding hydrogens is 294 g/mol. The Hall–Kier alpha value is -2.11. The van der Waals surface area contributed by atoms with Crippen LogP contribution in [0.4, 0.5) is 11.4 Å². The van der Waals surface area contributed by atoms with Gasteiger partial charge in [0.1, 0.15) is 4.88 Å². The summed E-state index contributed by atoms with van der Waals surface area (Å²) in [5, 5.41) is 4.10. The topological polar surface area (TPSA) is 68.0 Å². The Kier molecular flexibility index (Phi) is 3.30. The van der Waals surface area contributed by atoms with E-state index in [0.717, 1.165) is 10.1 Å². The van der Waals surface area contributed by atoms with Gasteiger partial charge in [-0.25, -0.2) is 0 Å². The molecule has 0 atom stereocenters. The van der Waals surface area contributed by atoms with Crippen molar-refractivity contribution in [1.82, 2.24) is 4.98 Å². The van der Waals surface area contributed by atoms with Crippen LogP contribution in [0, 0.1) is 0 Å². The maximum absolute atomic E-state index is 12.3. The summed E-state index contributed by atoms with van der Waals surface area (Å²) in [6.45, 7) is 0. The number of pyridine rings is 1. The average Bonchev–Trinajstić information content (AvgIpc) is 2.79. The highest BCUT2D eigenvalue weighted by molar-refractivity contribution is 7.21. The number of aromatic nitrogens is 1. The van der Waals surface area contributed by atoms with Crippen LogP contribution in [0.2, 0.25) is 5.02 Å². The molecule has 0 saturated carbocycles. The maximum atomic E-state index is 12.3. The zero-order chi connectivity index (χ0) is 14.1. The van der Waals surface area contributed by atoms with Crippen LogP contribution in [-0.4, -0.2) is 10.9 Å². The molecule has 0 aliphatic heterocycles. The van der Waals surface area contributed by atoms with Gasteiger partial charge in [0.15, 0.2) is 0 Å². The van der Waals surface area contributed by atoms with Gasteiger partial charge in [0.2, 0.25) is 0 Å². The summed E-state index contributed by atoms with van der Waals surface area (Å²) in [6, 6.07) is 8.87. The maximum Gasteiger partial charge on any atom is 0.267 e. The van der Waals surface area contributed by atoms with Crippen LogP contribution in [0.5, 0.6) is 0 Å². The van der Waals surface area contributed by atoms with Crippen LogP contribution < -0.4 is 11.1 Å². The second kappa shape index (κ2) is 5.11. The van der Waals surface area contributed by atoms with E-state index in [0.29, 0.717) is 21.3 Å². The van der Waals surface area contributed by atoms with Crippen molar-refractivity contribution in [3.8, 4) is 0 Å². The Morgan fingerprint density at radius 2 is 2.10 bits per heavy atom. The Balaban J connectivity index is 1.97. The molecule has 0 spiro atoms. The van der Waals surface area contributed by atoms with E-state index in [4.69, 9.17) is 17.3 Å². The number of amides is 1.